The molecular weight excluding hydrogens is 248 g/mol. The van der Waals surface area contributed by atoms with Crippen LogP contribution >= 0.6 is 30.6 Å². The quantitative estimate of drug-likeness (QED) is 0.528. The van der Waals surface area contributed by atoms with E-state index in [0.29, 0.717) is 5.04 Å². The Morgan fingerprint density at radius 3 is 1.75 bits per heavy atom. The Morgan fingerprint density at radius 2 is 1.75 bits per heavy atom. The van der Waals surface area contributed by atoms with Crippen LogP contribution in [0.1, 0.15) is 27.2 Å². The largest absolute Gasteiger partial charge is 0.192 e. The second-order valence-corrected chi connectivity index (χ2v) is 14.0. The summed E-state index contributed by atoms with van der Waals surface area (Å²) in [6.45, 7) is 6.79. The smallest absolute Gasteiger partial charge is 0.115 e. The molecule has 0 aromatic carbocycles. The normalized spacial score (nSPS) is 12.8. The zero-order valence-electron chi connectivity index (χ0n) is 5.54. The van der Waals surface area contributed by atoms with Gasteiger partial charge in [0.25, 0.3) is 0 Å². The Morgan fingerprint density at radius 1 is 1.38 bits per heavy atom. The molecule has 0 saturated heterocycles. The highest BCUT2D eigenvalue weighted by atomic mass is 79.9. The molecule has 0 amide bonds. The molecule has 0 radical (unpaired) electrons. The predicted octanol–water partition coefficient (Wildman–Crippen LogP) is 3.19. The summed E-state index contributed by atoms with van der Waals surface area (Å²) in [6, 6.07) is -0.755. The lowest BCUT2D eigenvalue weighted by Crippen LogP contribution is -2.13. The maximum absolute atomic E-state index is 3.61. The highest BCUT2D eigenvalue weighted by Gasteiger charge is 2.24. The summed E-state index contributed by atoms with van der Waals surface area (Å²) >= 11 is 7.22. The van der Waals surface area contributed by atoms with Crippen molar-refractivity contribution in [2.24, 2.45) is 0 Å². The number of hydrogen-bond donors (Lipinski definition) is 0. The van der Waals surface area contributed by atoms with Crippen molar-refractivity contribution in [3.8, 4) is 0 Å². The van der Waals surface area contributed by atoms with Crippen LogP contribution in [-0.2, 0) is 0 Å². The molecule has 3 heteroatoms. The molecule has 0 aromatic rings. The average Bonchev–Trinajstić information content (AvgIpc) is 1.67. The van der Waals surface area contributed by atoms with E-state index in [4.69, 9.17) is 0 Å². The zero-order chi connectivity index (χ0) is 6.78. The van der Waals surface area contributed by atoms with Gasteiger partial charge in [0, 0.05) is 0 Å². The van der Waals surface area contributed by atoms with E-state index in [-0.39, 0.29) is 0 Å². The summed E-state index contributed by atoms with van der Waals surface area (Å²) in [5.41, 5.74) is 0. The van der Waals surface area contributed by atoms with Gasteiger partial charge in [0.2, 0.25) is 0 Å². The Hall–Kier alpha value is 1.18. The fourth-order valence-electron chi connectivity index (χ4n) is 0.154. The lowest BCUT2D eigenvalue weighted by molar-refractivity contribution is 0.650. The van der Waals surface area contributed by atoms with E-state index in [0.717, 1.165) is 0 Å². The summed E-state index contributed by atoms with van der Waals surface area (Å²) in [7, 11) is 0. The minimum absolute atomic E-state index is 0.514. The van der Waals surface area contributed by atoms with Crippen molar-refractivity contribution in [3.05, 3.63) is 0 Å². The molecule has 0 N–H and O–H groups in total. The molecule has 0 saturated carbocycles. The van der Waals surface area contributed by atoms with Crippen molar-refractivity contribution >= 4 is 36.6 Å². The third kappa shape index (κ3) is 2.64. The summed E-state index contributed by atoms with van der Waals surface area (Å²) in [4.78, 5) is 0. The van der Waals surface area contributed by atoms with Crippen molar-refractivity contribution in [1.29, 1.82) is 0 Å². The van der Waals surface area contributed by atoms with E-state index in [1.165, 1.54) is 6.42 Å². The molecule has 0 aliphatic heterocycles. The molecule has 0 rings (SSSR count). The average molecular weight is 260 g/mol. The molecule has 0 aromatic heterocycles. The van der Waals surface area contributed by atoms with Crippen molar-refractivity contribution < 1.29 is 0 Å². The van der Waals surface area contributed by atoms with E-state index < -0.39 is 6.04 Å². The second kappa shape index (κ2) is 3.37. The number of halogens is 2. The maximum atomic E-state index is 3.61. The van der Waals surface area contributed by atoms with E-state index in [1.807, 2.05) is 0 Å². The molecule has 0 fully saturated rings. The topological polar surface area (TPSA) is 0 Å². The molecule has 0 spiro atoms. The standard InChI is InChI=1S/C5H12Br2Si/c1-4-5(2,3)8(6)7/h8H,4H2,1-3H3. The fourth-order valence-corrected chi connectivity index (χ4v) is 2.41. The molecule has 0 bridgehead atoms. The Bertz CT molecular complexity index is 70.8. The van der Waals surface area contributed by atoms with E-state index in [1.54, 1.807) is 0 Å². The second-order valence-electron chi connectivity index (χ2n) is 2.64. The lowest BCUT2D eigenvalue weighted by Gasteiger charge is -2.22. The molecule has 0 heterocycles. The first-order valence-corrected chi connectivity index (χ1v) is 9.73. The first-order valence-electron chi connectivity index (χ1n) is 2.79. The first-order chi connectivity index (χ1) is 3.50. The van der Waals surface area contributed by atoms with Crippen LogP contribution in [0.15, 0.2) is 0 Å². The minimum Gasteiger partial charge on any atom is -0.115 e. The van der Waals surface area contributed by atoms with Gasteiger partial charge in [-0.3, -0.25) is 0 Å². The summed E-state index contributed by atoms with van der Waals surface area (Å²) < 4.78 is 0. The van der Waals surface area contributed by atoms with Gasteiger partial charge in [-0.1, -0.05) is 27.2 Å². The van der Waals surface area contributed by atoms with Crippen LogP contribution in [-0.4, -0.2) is 6.04 Å². The molecule has 0 nitrogen and oxygen atoms in total. The highest BCUT2D eigenvalue weighted by Crippen LogP contribution is 2.37. The lowest BCUT2D eigenvalue weighted by atomic mass is 10.1. The fraction of sp³-hybridized carbons (Fsp3) is 1.00. The molecule has 8 heavy (non-hydrogen) atoms. The van der Waals surface area contributed by atoms with Crippen LogP contribution in [0.4, 0.5) is 0 Å². The Balaban J connectivity index is 3.71. The summed E-state index contributed by atoms with van der Waals surface area (Å²) in [5, 5.41) is 0.514. The maximum Gasteiger partial charge on any atom is 0.192 e. The Labute approximate surface area is 68.8 Å². The first kappa shape index (κ1) is 9.18. The zero-order valence-corrected chi connectivity index (χ0v) is 9.87. The van der Waals surface area contributed by atoms with Gasteiger partial charge in [-0.15, -0.1) is 30.6 Å². The van der Waals surface area contributed by atoms with Crippen LogP contribution in [0.5, 0.6) is 0 Å². The van der Waals surface area contributed by atoms with Gasteiger partial charge in [-0.05, 0) is 5.04 Å². The van der Waals surface area contributed by atoms with Crippen LogP contribution < -0.4 is 0 Å². The minimum atomic E-state index is -0.755. The van der Waals surface area contributed by atoms with E-state index in [2.05, 4.69) is 51.4 Å². The van der Waals surface area contributed by atoms with Gasteiger partial charge in [0.1, 0.15) is 0 Å². The molecule has 0 aliphatic carbocycles. The summed E-state index contributed by atoms with van der Waals surface area (Å²) in [6.07, 6.45) is 1.25. The number of rotatable bonds is 2. The highest BCUT2D eigenvalue weighted by molar-refractivity contribution is 9.49. The van der Waals surface area contributed by atoms with Gasteiger partial charge in [-0.2, -0.15) is 0 Å². The van der Waals surface area contributed by atoms with Gasteiger partial charge in [0.05, 0.1) is 0 Å². The van der Waals surface area contributed by atoms with E-state index in [9.17, 15) is 0 Å². The SMILES string of the molecule is CCC(C)(C)[SiH](Br)Br. The third-order valence-corrected chi connectivity index (χ3v) is 10.5. The molecule has 0 aliphatic rings. The number of hydrogen-bond acceptors (Lipinski definition) is 0. The van der Waals surface area contributed by atoms with Gasteiger partial charge in [-0.25, -0.2) is 0 Å². The molecule has 0 atom stereocenters. The Kier molecular flexibility index (Phi) is 3.87. The van der Waals surface area contributed by atoms with Crippen molar-refractivity contribution in [2.75, 3.05) is 0 Å². The van der Waals surface area contributed by atoms with Crippen molar-refractivity contribution in [1.82, 2.24) is 0 Å². The summed E-state index contributed by atoms with van der Waals surface area (Å²) in [5.74, 6) is 0. The van der Waals surface area contributed by atoms with Crippen molar-refractivity contribution in [2.45, 2.75) is 32.2 Å². The third-order valence-electron chi connectivity index (χ3n) is 1.50. The van der Waals surface area contributed by atoms with Gasteiger partial charge in [0.15, 0.2) is 6.04 Å². The molecular formula is C5H12Br2Si. The van der Waals surface area contributed by atoms with Gasteiger partial charge >= 0.3 is 0 Å². The van der Waals surface area contributed by atoms with Crippen LogP contribution in [0, 0.1) is 0 Å². The molecule has 50 valence electrons. The van der Waals surface area contributed by atoms with Crippen molar-refractivity contribution in [3.63, 3.8) is 0 Å². The van der Waals surface area contributed by atoms with Crippen LogP contribution in [0.25, 0.3) is 0 Å². The predicted molar refractivity (Wildman–Crippen MR) is 49.3 cm³/mol. The monoisotopic (exact) mass is 258 g/mol. The molecule has 0 unspecified atom stereocenters. The van der Waals surface area contributed by atoms with Gasteiger partial charge < -0.3 is 0 Å². The van der Waals surface area contributed by atoms with Crippen LogP contribution in [0.3, 0.4) is 0 Å². The van der Waals surface area contributed by atoms with E-state index >= 15 is 0 Å². The van der Waals surface area contributed by atoms with Crippen LogP contribution in [0.2, 0.25) is 5.04 Å².